The van der Waals surface area contributed by atoms with Crippen molar-refractivity contribution in [1.82, 2.24) is 0 Å². The van der Waals surface area contributed by atoms with E-state index >= 15 is 0 Å². The van der Waals surface area contributed by atoms with Crippen LogP contribution in [0.1, 0.15) is 6.92 Å². The Morgan fingerprint density at radius 2 is 2.15 bits per heavy atom. The zero-order valence-corrected chi connectivity index (χ0v) is 7.56. The third kappa shape index (κ3) is 9.06. The molecule has 0 aromatic carbocycles. The third-order valence-electron chi connectivity index (χ3n) is 1.10. The second-order valence-electron chi connectivity index (χ2n) is 2.21. The summed E-state index contributed by atoms with van der Waals surface area (Å²) < 4.78 is 14.3. The molecule has 6 nitrogen and oxygen atoms in total. The topological polar surface area (TPSA) is 91.0 Å². The van der Waals surface area contributed by atoms with E-state index in [9.17, 15) is 4.79 Å². The molecule has 0 saturated carbocycles. The quantitative estimate of drug-likeness (QED) is 0.418. The molecule has 1 atom stereocenters. The van der Waals surface area contributed by atoms with Crippen molar-refractivity contribution in [2.75, 3.05) is 26.4 Å². The van der Waals surface area contributed by atoms with Crippen LogP contribution in [0.25, 0.3) is 0 Å². The largest absolute Gasteiger partial charge is 0.420 e. The number of ether oxygens (including phenoxy) is 3. The number of carbonyl (C=O) groups excluding carboxylic acids is 1. The molecule has 0 aliphatic heterocycles. The molecule has 0 aromatic heterocycles. The van der Waals surface area contributed by atoms with Crippen LogP contribution in [0.15, 0.2) is 0 Å². The van der Waals surface area contributed by atoms with E-state index in [0.717, 1.165) is 0 Å². The number of primary amides is 1. The first-order valence-corrected chi connectivity index (χ1v) is 3.93. The molecule has 1 unspecified atom stereocenters. The maximum atomic E-state index is 10.2. The molecule has 0 aliphatic rings. The van der Waals surface area contributed by atoms with Crippen molar-refractivity contribution in [2.24, 2.45) is 5.73 Å². The highest BCUT2D eigenvalue weighted by atomic mass is 16.7. The zero-order chi connectivity index (χ0) is 10.1. The van der Waals surface area contributed by atoms with E-state index in [4.69, 9.17) is 20.3 Å². The van der Waals surface area contributed by atoms with Crippen LogP contribution in [-0.2, 0) is 14.2 Å². The third-order valence-corrected chi connectivity index (χ3v) is 1.10. The Balaban J connectivity index is 3.17. The van der Waals surface area contributed by atoms with Crippen molar-refractivity contribution in [3.05, 3.63) is 0 Å². The number of aliphatic hydroxyl groups excluding tert-OH is 1. The summed E-state index contributed by atoms with van der Waals surface area (Å²) in [6.07, 6.45) is -1.54. The molecule has 78 valence electrons. The molecule has 3 N–H and O–H groups in total. The predicted molar refractivity (Wildman–Crippen MR) is 44.0 cm³/mol. The Morgan fingerprint density at radius 3 is 2.69 bits per heavy atom. The lowest BCUT2D eigenvalue weighted by Gasteiger charge is -2.11. The molecule has 0 heterocycles. The Labute approximate surface area is 76.6 Å². The number of carbonyl (C=O) groups is 1. The maximum absolute atomic E-state index is 10.2. The summed E-state index contributed by atoms with van der Waals surface area (Å²) in [5.74, 6) is 0. The van der Waals surface area contributed by atoms with Gasteiger partial charge in [0, 0.05) is 0 Å². The zero-order valence-electron chi connectivity index (χ0n) is 7.56. The standard InChI is InChI=1S/C7H15NO5/c1-6(13-7(8)10)12-5-4-11-3-2-9/h6,9H,2-5H2,1H3,(H2,8,10). The molecule has 0 saturated heterocycles. The van der Waals surface area contributed by atoms with Crippen molar-refractivity contribution in [1.29, 1.82) is 0 Å². The fourth-order valence-electron chi connectivity index (χ4n) is 0.637. The molecule has 0 bridgehead atoms. The van der Waals surface area contributed by atoms with E-state index in [1.165, 1.54) is 0 Å². The summed E-state index contributed by atoms with van der Waals surface area (Å²) in [5.41, 5.74) is 4.74. The highest BCUT2D eigenvalue weighted by Gasteiger charge is 2.04. The minimum atomic E-state index is -0.872. The van der Waals surface area contributed by atoms with Gasteiger partial charge in [0.2, 0.25) is 6.29 Å². The van der Waals surface area contributed by atoms with E-state index in [1.54, 1.807) is 6.92 Å². The van der Waals surface area contributed by atoms with Gasteiger partial charge >= 0.3 is 6.09 Å². The van der Waals surface area contributed by atoms with Gasteiger partial charge in [-0.15, -0.1) is 0 Å². The molecule has 0 spiro atoms. The van der Waals surface area contributed by atoms with Gasteiger partial charge in [0.1, 0.15) is 0 Å². The molecule has 0 radical (unpaired) electrons. The van der Waals surface area contributed by atoms with Gasteiger partial charge in [-0.2, -0.15) is 0 Å². The molecular weight excluding hydrogens is 178 g/mol. The lowest BCUT2D eigenvalue weighted by molar-refractivity contribution is -0.103. The molecule has 0 aliphatic carbocycles. The van der Waals surface area contributed by atoms with E-state index in [0.29, 0.717) is 6.61 Å². The number of hydrogen-bond acceptors (Lipinski definition) is 5. The molecular formula is C7H15NO5. The Kier molecular flexibility index (Phi) is 7.27. The number of nitrogens with two attached hydrogens (primary N) is 1. The van der Waals surface area contributed by atoms with Crippen LogP contribution < -0.4 is 5.73 Å². The van der Waals surface area contributed by atoms with Gasteiger partial charge in [0.05, 0.1) is 26.4 Å². The molecule has 13 heavy (non-hydrogen) atoms. The first-order valence-electron chi connectivity index (χ1n) is 3.93. The average Bonchev–Trinajstić information content (AvgIpc) is 2.02. The van der Waals surface area contributed by atoms with Gasteiger partial charge < -0.3 is 25.1 Å². The molecule has 0 fully saturated rings. The average molecular weight is 193 g/mol. The smallest absolute Gasteiger partial charge is 0.406 e. The fourth-order valence-corrected chi connectivity index (χ4v) is 0.637. The predicted octanol–water partition coefficient (Wildman–Crippen LogP) is -0.547. The van der Waals surface area contributed by atoms with Crippen molar-refractivity contribution in [3.8, 4) is 0 Å². The van der Waals surface area contributed by atoms with Crippen LogP contribution in [-0.4, -0.2) is 43.9 Å². The second kappa shape index (κ2) is 7.78. The Morgan fingerprint density at radius 1 is 1.46 bits per heavy atom. The summed E-state index contributed by atoms with van der Waals surface area (Å²) in [5, 5.41) is 8.34. The number of rotatable bonds is 7. The molecule has 0 aromatic rings. The minimum Gasteiger partial charge on any atom is -0.420 e. The molecule has 6 heteroatoms. The summed E-state index contributed by atoms with van der Waals surface area (Å²) in [7, 11) is 0. The number of aliphatic hydroxyl groups is 1. The van der Waals surface area contributed by atoms with Gasteiger partial charge in [-0.1, -0.05) is 0 Å². The lowest BCUT2D eigenvalue weighted by Crippen LogP contribution is -2.24. The fraction of sp³-hybridized carbons (Fsp3) is 0.857. The highest BCUT2D eigenvalue weighted by Crippen LogP contribution is 1.92. The number of hydrogen-bond donors (Lipinski definition) is 2. The SMILES string of the molecule is CC(OCCOCCO)OC(N)=O. The highest BCUT2D eigenvalue weighted by molar-refractivity contribution is 5.64. The van der Waals surface area contributed by atoms with Crippen LogP contribution in [0.2, 0.25) is 0 Å². The minimum absolute atomic E-state index is 0.0205. The van der Waals surface area contributed by atoms with Crippen molar-refractivity contribution in [2.45, 2.75) is 13.2 Å². The first kappa shape index (κ1) is 12.2. The van der Waals surface area contributed by atoms with Crippen LogP contribution >= 0.6 is 0 Å². The van der Waals surface area contributed by atoms with E-state index in [-0.39, 0.29) is 19.8 Å². The van der Waals surface area contributed by atoms with Crippen LogP contribution in [0.4, 0.5) is 4.79 Å². The van der Waals surface area contributed by atoms with Crippen LogP contribution in [0.5, 0.6) is 0 Å². The first-order chi connectivity index (χ1) is 6.16. The van der Waals surface area contributed by atoms with Gasteiger partial charge in [-0.05, 0) is 6.92 Å². The molecule has 0 rings (SSSR count). The van der Waals surface area contributed by atoms with Crippen LogP contribution in [0, 0.1) is 0 Å². The normalized spacial score (nSPS) is 12.5. The number of amides is 1. The van der Waals surface area contributed by atoms with E-state index in [2.05, 4.69) is 4.74 Å². The van der Waals surface area contributed by atoms with Gasteiger partial charge in [-0.3, -0.25) is 0 Å². The summed E-state index contributed by atoms with van der Waals surface area (Å²) in [6, 6.07) is 0. The Bertz CT molecular complexity index is 141. The Hall–Kier alpha value is -0.850. The monoisotopic (exact) mass is 193 g/mol. The van der Waals surface area contributed by atoms with Crippen molar-refractivity contribution >= 4 is 6.09 Å². The second-order valence-corrected chi connectivity index (χ2v) is 2.21. The maximum Gasteiger partial charge on any atom is 0.406 e. The summed E-state index contributed by atoms with van der Waals surface area (Å²) in [4.78, 5) is 10.2. The van der Waals surface area contributed by atoms with Gasteiger partial charge in [0.15, 0.2) is 0 Å². The van der Waals surface area contributed by atoms with E-state index in [1.807, 2.05) is 0 Å². The van der Waals surface area contributed by atoms with Gasteiger partial charge in [-0.25, -0.2) is 4.79 Å². The lowest BCUT2D eigenvalue weighted by atomic mass is 10.7. The van der Waals surface area contributed by atoms with Crippen LogP contribution in [0.3, 0.4) is 0 Å². The molecule has 1 amide bonds. The summed E-state index contributed by atoms with van der Waals surface area (Å²) in [6.45, 7) is 2.43. The van der Waals surface area contributed by atoms with Crippen molar-refractivity contribution in [3.63, 3.8) is 0 Å². The van der Waals surface area contributed by atoms with Gasteiger partial charge in [0.25, 0.3) is 0 Å². The summed E-state index contributed by atoms with van der Waals surface area (Å²) >= 11 is 0. The van der Waals surface area contributed by atoms with Crippen molar-refractivity contribution < 1.29 is 24.1 Å². The van der Waals surface area contributed by atoms with E-state index < -0.39 is 12.4 Å².